The van der Waals surface area contributed by atoms with Gasteiger partial charge in [-0.25, -0.2) is 9.48 Å². The number of aliphatic carboxylic acids is 1. The summed E-state index contributed by atoms with van der Waals surface area (Å²) in [6, 6.07) is 1.37. The lowest BCUT2D eigenvalue weighted by atomic mass is 10.2. The Kier molecular flexibility index (Phi) is 4.36. The van der Waals surface area contributed by atoms with Crippen LogP contribution >= 0.6 is 0 Å². The molecule has 1 atom stereocenters. The van der Waals surface area contributed by atoms with Gasteiger partial charge in [0.2, 0.25) is 0 Å². The van der Waals surface area contributed by atoms with E-state index < -0.39 is 17.9 Å². The predicted octanol–water partition coefficient (Wildman–Crippen LogP) is -0.461. The molecule has 96 valence electrons. The Morgan fingerprint density at radius 1 is 1.61 bits per heavy atom. The molecule has 0 aliphatic rings. The predicted molar refractivity (Wildman–Crippen MR) is 63.2 cm³/mol. The number of carbonyl (C=O) groups is 2. The zero-order chi connectivity index (χ0) is 13.7. The number of rotatable bonds is 5. The maximum Gasteiger partial charge on any atom is 0.326 e. The van der Waals surface area contributed by atoms with Crippen LogP contribution in [-0.4, -0.2) is 32.8 Å². The van der Waals surface area contributed by atoms with Crippen molar-refractivity contribution in [2.75, 3.05) is 0 Å². The number of hydrogen-bond acceptors (Lipinski definition) is 4. The molecule has 1 unspecified atom stereocenters. The fourth-order valence-corrected chi connectivity index (χ4v) is 1.24. The van der Waals surface area contributed by atoms with Crippen molar-refractivity contribution >= 4 is 11.9 Å². The third-order valence-corrected chi connectivity index (χ3v) is 2.20. The Bertz CT molecular complexity index is 535. The first-order valence-corrected chi connectivity index (χ1v) is 5.14. The van der Waals surface area contributed by atoms with E-state index in [4.69, 9.17) is 5.11 Å². The minimum atomic E-state index is -1.16. The molecule has 0 aliphatic carbocycles. The van der Waals surface area contributed by atoms with Gasteiger partial charge in [-0.3, -0.25) is 9.59 Å². The summed E-state index contributed by atoms with van der Waals surface area (Å²) in [5.41, 5.74) is -0.375. The SMILES string of the molecule is C=CCC(NC(=O)c1ccc(=O)n(C)n1)C(=O)O. The highest BCUT2D eigenvalue weighted by Crippen LogP contribution is 1.97. The van der Waals surface area contributed by atoms with Gasteiger partial charge in [-0.2, -0.15) is 5.10 Å². The lowest BCUT2D eigenvalue weighted by molar-refractivity contribution is -0.139. The average Bonchev–Trinajstić information content (AvgIpc) is 2.31. The summed E-state index contributed by atoms with van der Waals surface area (Å²) in [5.74, 6) is -1.81. The molecule has 0 saturated heterocycles. The highest BCUT2D eigenvalue weighted by atomic mass is 16.4. The maximum atomic E-state index is 11.7. The number of hydrogen-bond donors (Lipinski definition) is 2. The first-order chi connectivity index (χ1) is 8.45. The van der Waals surface area contributed by atoms with E-state index in [0.29, 0.717) is 0 Å². The van der Waals surface area contributed by atoms with Gasteiger partial charge in [-0.1, -0.05) is 6.08 Å². The Labute approximate surface area is 103 Å². The largest absolute Gasteiger partial charge is 0.480 e. The molecule has 7 nitrogen and oxygen atoms in total. The summed E-state index contributed by atoms with van der Waals surface area (Å²) in [6.45, 7) is 3.41. The highest BCUT2D eigenvalue weighted by Gasteiger charge is 2.20. The third kappa shape index (κ3) is 3.27. The van der Waals surface area contributed by atoms with Crippen LogP contribution in [0, 0.1) is 0 Å². The molecule has 1 aromatic heterocycles. The van der Waals surface area contributed by atoms with E-state index in [1.807, 2.05) is 0 Å². The standard InChI is InChI=1S/C11H13N3O4/c1-3-4-8(11(17)18)12-10(16)7-5-6-9(15)14(2)13-7/h3,5-6,8H,1,4H2,2H3,(H,12,16)(H,17,18). The number of carbonyl (C=O) groups excluding carboxylic acids is 1. The van der Waals surface area contributed by atoms with E-state index in [0.717, 1.165) is 4.68 Å². The molecule has 0 fully saturated rings. The number of nitrogens with zero attached hydrogens (tertiary/aromatic N) is 2. The summed E-state index contributed by atoms with van der Waals surface area (Å²) in [5, 5.41) is 14.9. The second-order valence-electron chi connectivity index (χ2n) is 3.57. The first-order valence-electron chi connectivity index (χ1n) is 5.14. The van der Waals surface area contributed by atoms with Crippen LogP contribution in [0.4, 0.5) is 0 Å². The van der Waals surface area contributed by atoms with Crippen LogP contribution in [0.25, 0.3) is 0 Å². The quantitative estimate of drug-likeness (QED) is 0.689. The fraction of sp³-hybridized carbons (Fsp3) is 0.273. The molecule has 0 aliphatic heterocycles. The van der Waals surface area contributed by atoms with Crippen molar-refractivity contribution in [1.29, 1.82) is 0 Å². The van der Waals surface area contributed by atoms with Gasteiger partial charge >= 0.3 is 5.97 Å². The fourth-order valence-electron chi connectivity index (χ4n) is 1.24. The van der Waals surface area contributed by atoms with Crippen molar-refractivity contribution in [3.8, 4) is 0 Å². The van der Waals surface area contributed by atoms with Gasteiger partial charge in [-0.15, -0.1) is 6.58 Å². The number of aryl methyl sites for hydroxylation is 1. The minimum absolute atomic E-state index is 0.0209. The lowest BCUT2D eigenvalue weighted by Gasteiger charge is -2.12. The van der Waals surface area contributed by atoms with Crippen molar-refractivity contribution in [3.05, 3.63) is 40.8 Å². The summed E-state index contributed by atoms with van der Waals surface area (Å²) in [4.78, 5) is 33.6. The molecule has 0 radical (unpaired) electrons. The van der Waals surface area contributed by atoms with Crippen LogP contribution < -0.4 is 10.9 Å². The number of carboxylic acids is 1. The molecule has 7 heteroatoms. The van der Waals surface area contributed by atoms with E-state index in [9.17, 15) is 14.4 Å². The van der Waals surface area contributed by atoms with E-state index in [1.54, 1.807) is 0 Å². The number of amides is 1. The molecule has 2 N–H and O–H groups in total. The third-order valence-electron chi connectivity index (χ3n) is 2.20. The van der Waals surface area contributed by atoms with Gasteiger partial charge in [0, 0.05) is 13.1 Å². The van der Waals surface area contributed by atoms with E-state index >= 15 is 0 Å². The van der Waals surface area contributed by atoms with Crippen molar-refractivity contribution < 1.29 is 14.7 Å². The van der Waals surface area contributed by atoms with Crippen LogP contribution in [0.3, 0.4) is 0 Å². The van der Waals surface area contributed by atoms with Crippen molar-refractivity contribution in [1.82, 2.24) is 15.1 Å². The van der Waals surface area contributed by atoms with Crippen LogP contribution in [0.1, 0.15) is 16.9 Å². The van der Waals surface area contributed by atoms with Gasteiger partial charge in [0.25, 0.3) is 11.5 Å². The van der Waals surface area contributed by atoms with Gasteiger partial charge in [0.05, 0.1) is 0 Å². The average molecular weight is 251 g/mol. The summed E-state index contributed by atoms with van der Waals surface area (Å²) >= 11 is 0. The van der Waals surface area contributed by atoms with Crippen molar-refractivity contribution in [2.45, 2.75) is 12.5 Å². The molecule has 1 amide bonds. The minimum Gasteiger partial charge on any atom is -0.480 e. The molecule has 1 rings (SSSR count). The monoisotopic (exact) mass is 251 g/mol. The summed E-state index contributed by atoms with van der Waals surface area (Å²) in [6.07, 6.45) is 1.50. The Balaban J connectivity index is 2.86. The lowest BCUT2D eigenvalue weighted by Crippen LogP contribution is -2.41. The van der Waals surface area contributed by atoms with E-state index in [-0.39, 0.29) is 17.7 Å². The van der Waals surface area contributed by atoms with Gasteiger partial charge in [0.15, 0.2) is 0 Å². The Morgan fingerprint density at radius 2 is 2.28 bits per heavy atom. The molecule has 0 spiro atoms. The summed E-state index contributed by atoms with van der Waals surface area (Å²) < 4.78 is 0.998. The molecular weight excluding hydrogens is 238 g/mol. The van der Waals surface area contributed by atoms with Gasteiger partial charge in [0.1, 0.15) is 11.7 Å². The molecule has 18 heavy (non-hydrogen) atoms. The Hall–Kier alpha value is -2.44. The van der Waals surface area contributed by atoms with E-state index in [1.165, 1.54) is 25.3 Å². The normalized spacial score (nSPS) is 11.6. The smallest absolute Gasteiger partial charge is 0.326 e. The number of aromatic nitrogens is 2. The molecular formula is C11H13N3O4. The van der Waals surface area contributed by atoms with Gasteiger partial charge < -0.3 is 10.4 Å². The molecule has 0 bridgehead atoms. The molecule has 0 saturated carbocycles. The van der Waals surface area contributed by atoms with Gasteiger partial charge in [-0.05, 0) is 12.5 Å². The van der Waals surface area contributed by atoms with Crippen LogP contribution in [0.15, 0.2) is 29.6 Å². The molecule has 1 aromatic rings. The number of nitrogens with one attached hydrogen (secondary N) is 1. The zero-order valence-electron chi connectivity index (χ0n) is 9.79. The zero-order valence-corrected chi connectivity index (χ0v) is 9.79. The topological polar surface area (TPSA) is 101 Å². The maximum absolute atomic E-state index is 11.7. The highest BCUT2D eigenvalue weighted by molar-refractivity contribution is 5.94. The van der Waals surface area contributed by atoms with Crippen LogP contribution in [-0.2, 0) is 11.8 Å². The van der Waals surface area contributed by atoms with Crippen LogP contribution in [0.5, 0.6) is 0 Å². The second kappa shape index (κ2) is 5.76. The molecule has 0 aromatic carbocycles. The number of carboxylic acid groups (broad SMARTS) is 1. The second-order valence-corrected chi connectivity index (χ2v) is 3.57. The molecule has 1 heterocycles. The van der Waals surface area contributed by atoms with E-state index in [2.05, 4.69) is 17.0 Å². The van der Waals surface area contributed by atoms with Crippen molar-refractivity contribution in [2.24, 2.45) is 7.05 Å². The Morgan fingerprint density at radius 3 is 2.78 bits per heavy atom. The van der Waals surface area contributed by atoms with Crippen molar-refractivity contribution in [3.63, 3.8) is 0 Å². The van der Waals surface area contributed by atoms with Crippen LogP contribution in [0.2, 0.25) is 0 Å². The first kappa shape index (κ1) is 13.6. The summed E-state index contributed by atoms with van der Waals surface area (Å²) in [7, 11) is 1.40.